The van der Waals surface area contributed by atoms with Gasteiger partial charge in [-0.25, -0.2) is 0 Å². The molecule has 0 aliphatic carbocycles. The molecule has 1 aromatic carbocycles. The highest BCUT2D eigenvalue weighted by Crippen LogP contribution is 2.23. The van der Waals surface area contributed by atoms with Crippen molar-refractivity contribution in [3.63, 3.8) is 0 Å². The molecule has 0 saturated carbocycles. The molecule has 7 nitrogen and oxygen atoms in total. The molecular weight excluding hydrogens is 436 g/mol. The second-order valence-corrected chi connectivity index (χ2v) is 9.05. The van der Waals surface area contributed by atoms with Crippen molar-refractivity contribution in [2.75, 3.05) is 19.6 Å². The van der Waals surface area contributed by atoms with Crippen LogP contribution in [0.5, 0.6) is 0 Å². The zero-order chi connectivity index (χ0) is 23.2. The second kappa shape index (κ2) is 10.7. The molecule has 33 heavy (non-hydrogen) atoms. The number of hydrogen-bond donors (Lipinski definition) is 1. The maximum absolute atomic E-state index is 12.8. The van der Waals surface area contributed by atoms with Crippen LogP contribution in [0.15, 0.2) is 59.8 Å². The fourth-order valence-corrected chi connectivity index (χ4v) is 4.30. The molecule has 0 spiro atoms. The Bertz CT molecular complexity index is 1100. The number of fused-ring (bicyclic) bond motifs is 1. The zero-order valence-corrected chi connectivity index (χ0v) is 19.7. The minimum absolute atomic E-state index is 0.147. The molecule has 1 aliphatic rings. The number of hydrogen-bond acceptors (Lipinski definition) is 5. The van der Waals surface area contributed by atoms with Crippen molar-refractivity contribution in [2.45, 2.75) is 32.9 Å². The highest BCUT2D eigenvalue weighted by atomic mass is 35.5. The molecule has 1 aliphatic heterocycles. The fourth-order valence-electron chi connectivity index (χ4n) is 4.01. The number of rotatable bonds is 7. The molecule has 1 unspecified atom stereocenters. The Labute approximate surface area is 199 Å². The number of benzene rings is 1. The number of amides is 1. The average molecular weight is 465 g/mol. The van der Waals surface area contributed by atoms with E-state index in [0.717, 1.165) is 48.3 Å². The highest BCUT2D eigenvalue weighted by molar-refractivity contribution is 6.31. The lowest BCUT2D eigenvalue weighted by atomic mass is 10.0. The van der Waals surface area contributed by atoms with Gasteiger partial charge >= 0.3 is 0 Å². The van der Waals surface area contributed by atoms with E-state index in [4.69, 9.17) is 11.6 Å². The zero-order valence-electron chi connectivity index (χ0n) is 19.0. The van der Waals surface area contributed by atoms with Crippen LogP contribution in [0.25, 0.3) is 6.08 Å². The molecule has 1 atom stereocenters. The van der Waals surface area contributed by atoms with Crippen LogP contribution in [-0.2, 0) is 13.0 Å². The Kier molecular flexibility index (Phi) is 7.52. The van der Waals surface area contributed by atoms with E-state index in [1.54, 1.807) is 24.4 Å². The standard InChI is InChI=1S/C25H29ClN6O/c1-18(2)23(28-25(33)21-10-6-7-12-27-21)24-30-29-22-11-13-31(14-15-32(22)24)17-20(26)16-19-8-4-3-5-9-19/h3-10,12,16,18,23H,11,13-15,17H2,1-2H3,(H,28,33). The Morgan fingerprint density at radius 3 is 2.61 bits per heavy atom. The Hall–Kier alpha value is -3.03. The lowest BCUT2D eigenvalue weighted by Gasteiger charge is -2.23. The predicted molar refractivity (Wildman–Crippen MR) is 130 cm³/mol. The van der Waals surface area contributed by atoms with Crippen LogP contribution < -0.4 is 5.32 Å². The van der Waals surface area contributed by atoms with Gasteiger partial charge in [-0.15, -0.1) is 10.2 Å². The van der Waals surface area contributed by atoms with Crippen LogP contribution in [0.4, 0.5) is 0 Å². The van der Waals surface area contributed by atoms with Gasteiger partial charge in [0.15, 0.2) is 5.82 Å². The number of nitrogens with zero attached hydrogens (tertiary/aromatic N) is 5. The van der Waals surface area contributed by atoms with Crippen molar-refractivity contribution >= 4 is 23.6 Å². The third-order valence-electron chi connectivity index (χ3n) is 5.77. The minimum atomic E-state index is -0.256. The van der Waals surface area contributed by atoms with Crippen LogP contribution in [0, 0.1) is 5.92 Å². The summed E-state index contributed by atoms with van der Waals surface area (Å²) in [5.74, 6) is 1.67. The molecule has 1 amide bonds. The van der Waals surface area contributed by atoms with Gasteiger partial charge in [-0.05, 0) is 29.7 Å². The van der Waals surface area contributed by atoms with E-state index < -0.39 is 0 Å². The lowest BCUT2D eigenvalue weighted by Crippen LogP contribution is -2.35. The van der Waals surface area contributed by atoms with Crippen LogP contribution in [0.1, 0.15) is 47.6 Å². The number of carbonyl (C=O) groups excluding carboxylic acids is 1. The predicted octanol–water partition coefficient (Wildman–Crippen LogP) is 3.94. The first-order valence-corrected chi connectivity index (χ1v) is 11.7. The van der Waals surface area contributed by atoms with Crippen LogP contribution in [0.2, 0.25) is 0 Å². The molecule has 1 N–H and O–H groups in total. The Morgan fingerprint density at radius 1 is 1.09 bits per heavy atom. The summed E-state index contributed by atoms with van der Waals surface area (Å²) in [5, 5.41) is 12.8. The SMILES string of the molecule is CC(C)C(NC(=O)c1ccccn1)c1nnc2n1CCN(CC(Cl)=Cc1ccccc1)CC2. The molecule has 2 aromatic heterocycles. The smallest absolute Gasteiger partial charge is 0.270 e. The summed E-state index contributed by atoms with van der Waals surface area (Å²) in [6, 6.07) is 15.2. The minimum Gasteiger partial charge on any atom is -0.340 e. The Balaban J connectivity index is 1.45. The van der Waals surface area contributed by atoms with Crippen LogP contribution in [0.3, 0.4) is 0 Å². The first-order chi connectivity index (χ1) is 16.0. The molecule has 4 rings (SSSR count). The van der Waals surface area contributed by atoms with Gasteiger partial charge in [0.25, 0.3) is 5.91 Å². The van der Waals surface area contributed by atoms with Gasteiger partial charge in [0, 0.05) is 43.8 Å². The summed E-state index contributed by atoms with van der Waals surface area (Å²) in [6.07, 6.45) is 4.41. The van der Waals surface area contributed by atoms with E-state index in [1.807, 2.05) is 36.4 Å². The molecule has 3 heterocycles. The topological polar surface area (TPSA) is 75.9 Å². The van der Waals surface area contributed by atoms with Crippen molar-refractivity contribution < 1.29 is 4.79 Å². The van der Waals surface area contributed by atoms with Crippen molar-refractivity contribution in [2.24, 2.45) is 5.92 Å². The summed E-state index contributed by atoms with van der Waals surface area (Å²) in [4.78, 5) is 19.2. The van der Waals surface area contributed by atoms with Gasteiger partial charge in [0.05, 0.1) is 6.04 Å². The molecule has 8 heteroatoms. The van der Waals surface area contributed by atoms with E-state index in [9.17, 15) is 4.79 Å². The number of carbonyl (C=O) groups is 1. The van der Waals surface area contributed by atoms with Gasteiger partial charge in [-0.2, -0.15) is 0 Å². The average Bonchev–Trinajstić information content (AvgIpc) is 3.11. The summed E-state index contributed by atoms with van der Waals surface area (Å²) >= 11 is 6.56. The van der Waals surface area contributed by atoms with Crippen molar-refractivity contribution in [1.82, 2.24) is 30.0 Å². The van der Waals surface area contributed by atoms with E-state index >= 15 is 0 Å². The van der Waals surface area contributed by atoms with Crippen molar-refractivity contribution in [3.8, 4) is 0 Å². The highest BCUT2D eigenvalue weighted by Gasteiger charge is 2.28. The first-order valence-electron chi connectivity index (χ1n) is 11.3. The third kappa shape index (κ3) is 5.86. The van der Waals surface area contributed by atoms with E-state index in [-0.39, 0.29) is 17.9 Å². The largest absolute Gasteiger partial charge is 0.340 e. The van der Waals surface area contributed by atoms with E-state index in [2.05, 4.69) is 43.8 Å². The van der Waals surface area contributed by atoms with Crippen molar-refractivity contribution in [3.05, 3.63) is 82.7 Å². The maximum Gasteiger partial charge on any atom is 0.270 e. The first kappa shape index (κ1) is 23.1. The summed E-state index contributed by atoms with van der Waals surface area (Å²) < 4.78 is 2.15. The summed E-state index contributed by atoms with van der Waals surface area (Å²) in [6.45, 7) is 7.26. The molecule has 0 bridgehead atoms. The van der Waals surface area contributed by atoms with Gasteiger partial charge in [0.1, 0.15) is 11.5 Å². The van der Waals surface area contributed by atoms with Gasteiger partial charge in [0.2, 0.25) is 0 Å². The van der Waals surface area contributed by atoms with Crippen LogP contribution in [-0.4, -0.2) is 50.2 Å². The molecular formula is C25H29ClN6O. The number of halogens is 1. The van der Waals surface area contributed by atoms with Crippen molar-refractivity contribution in [1.29, 1.82) is 0 Å². The fraction of sp³-hybridized carbons (Fsp3) is 0.360. The lowest BCUT2D eigenvalue weighted by molar-refractivity contribution is 0.0916. The van der Waals surface area contributed by atoms with Crippen LogP contribution >= 0.6 is 11.6 Å². The quantitative estimate of drug-likeness (QED) is 0.573. The Morgan fingerprint density at radius 2 is 1.88 bits per heavy atom. The van der Waals surface area contributed by atoms with Gasteiger partial charge < -0.3 is 9.88 Å². The molecule has 172 valence electrons. The molecule has 0 radical (unpaired) electrons. The van der Waals surface area contributed by atoms with E-state index in [0.29, 0.717) is 12.2 Å². The summed E-state index contributed by atoms with van der Waals surface area (Å²) in [7, 11) is 0. The maximum atomic E-state index is 12.8. The molecule has 0 saturated heterocycles. The van der Waals surface area contributed by atoms with Gasteiger partial charge in [-0.3, -0.25) is 14.7 Å². The molecule has 0 fully saturated rings. The summed E-state index contributed by atoms with van der Waals surface area (Å²) in [5.41, 5.74) is 1.49. The monoisotopic (exact) mass is 464 g/mol. The number of nitrogens with one attached hydrogen (secondary N) is 1. The normalized spacial score (nSPS) is 15.7. The van der Waals surface area contributed by atoms with Gasteiger partial charge in [-0.1, -0.05) is 61.8 Å². The number of pyridine rings is 1. The van der Waals surface area contributed by atoms with E-state index in [1.165, 1.54) is 0 Å². The number of aromatic nitrogens is 4. The second-order valence-electron chi connectivity index (χ2n) is 8.56. The third-order valence-corrected chi connectivity index (χ3v) is 6.00. The molecule has 3 aromatic rings.